The number of aryl methyl sites for hydroxylation is 2. The lowest BCUT2D eigenvalue weighted by Crippen LogP contribution is -2.11. The summed E-state index contributed by atoms with van der Waals surface area (Å²) in [6.07, 6.45) is 0. The molecule has 94 valence electrons. The molecule has 0 aliphatic heterocycles. The summed E-state index contributed by atoms with van der Waals surface area (Å²) in [5.74, 6) is 0.690. The van der Waals surface area contributed by atoms with E-state index in [2.05, 4.69) is 15.3 Å². The molecular formula is C14H16ClN3. The summed E-state index contributed by atoms with van der Waals surface area (Å²) < 4.78 is 0. The Balaban J connectivity index is 2.52. The Morgan fingerprint density at radius 2 is 1.72 bits per heavy atom. The van der Waals surface area contributed by atoms with E-state index in [9.17, 15) is 0 Å². The molecule has 0 atom stereocenters. The average Bonchev–Trinajstić information content (AvgIpc) is 2.34. The monoisotopic (exact) mass is 261 g/mol. The minimum absolute atomic E-state index is 0.678. The van der Waals surface area contributed by atoms with Crippen LogP contribution in [0, 0.1) is 13.8 Å². The number of hydrogen-bond donors (Lipinski definition) is 1. The van der Waals surface area contributed by atoms with Crippen molar-refractivity contribution in [2.75, 3.05) is 7.05 Å². The van der Waals surface area contributed by atoms with Crippen molar-refractivity contribution in [2.45, 2.75) is 20.4 Å². The van der Waals surface area contributed by atoms with E-state index in [0.29, 0.717) is 10.8 Å². The topological polar surface area (TPSA) is 37.8 Å². The van der Waals surface area contributed by atoms with E-state index in [4.69, 9.17) is 11.6 Å². The maximum atomic E-state index is 6.17. The summed E-state index contributed by atoms with van der Waals surface area (Å²) in [5, 5.41) is 3.81. The summed E-state index contributed by atoms with van der Waals surface area (Å²) in [6, 6.07) is 7.64. The highest BCUT2D eigenvalue weighted by atomic mass is 35.5. The Labute approximate surface area is 112 Å². The number of hydrogen-bond acceptors (Lipinski definition) is 3. The molecule has 0 aliphatic rings. The van der Waals surface area contributed by atoms with Crippen LogP contribution in [0.1, 0.15) is 17.0 Å². The van der Waals surface area contributed by atoms with Crippen LogP contribution in [-0.4, -0.2) is 17.0 Å². The largest absolute Gasteiger partial charge is 0.316 e. The van der Waals surface area contributed by atoms with Crippen LogP contribution in [0.3, 0.4) is 0 Å². The lowest BCUT2D eigenvalue weighted by Gasteiger charge is -2.11. The normalized spacial score (nSPS) is 10.7. The van der Waals surface area contributed by atoms with Gasteiger partial charge >= 0.3 is 0 Å². The van der Waals surface area contributed by atoms with Crippen molar-refractivity contribution in [3.8, 4) is 11.4 Å². The Bertz CT molecular complexity index is 544. The van der Waals surface area contributed by atoms with Crippen molar-refractivity contribution in [1.29, 1.82) is 0 Å². The first-order chi connectivity index (χ1) is 8.63. The zero-order chi connectivity index (χ0) is 13.1. The first kappa shape index (κ1) is 13.0. The van der Waals surface area contributed by atoms with Gasteiger partial charge < -0.3 is 5.32 Å². The van der Waals surface area contributed by atoms with Crippen molar-refractivity contribution in [1.82, 2.24) is 15.3 Å². The molecule has 2 rings (SSSR count). The fourth-order valence-electron chi connectivity index (χ4n) is 1.94. The molecule has 1 heterocycles. The van der Waals surface area contributed by atoms with Crippen LogP contribution in [0.4, 0.5) is 0 Å². The lowest BCUT2D eigenvalue weighted by atomic mass is 10.1. The number of aromatic nitrogens is 2. The van der Waals surface area contributed by atoms with Crippen LogP contribution in [-0.2, 0) is 6.54 Å². The van der Waals surface area contributed by atoms with Crippen molar-refractivity contribution >= 4 is 11.6 Å². The molecule has 1 aromatic heterocycles. The van der Waals surface area contributed by atoms with Gasteiger partial charge in [0.05, 0.1) is 5.02 Å². The third-order valence-corrected chi connectivity index (χ3v) is 3.22. The predicted molar refractivity (Wildman–Crippen MR) is 74.7 cm³/mol. The molecule has 4 heteroatoms. The highest BCUT2D eigenvalue weighted by Gasteiger charge is 2.11. The highest BCUT2D eigenvalue weighted by Crippen LogP contribution is 2.25. The quantitative estimate of drug-likeness (QED) is 0.922. The maximum absolute atomic E-state index is 6.17. The minimum Gasteiger partial charge on any atom is -0.316 e. The molecular weight excluding hydrogens is 246 g/mol. The zero-order valence-electron chi connectivity index (χ0n) is 10.8. The molecule has 0 unspecified atom stereocenters. The second-order valence-electron chi connectivity index (χ2n) is 4.21. The van der Waals surface area contributed by atoms with E-state index in [1.807, 2.05) is 45.2 Å². The van der Waals surface area contributed by atoms with Crippen LogP contribution in [0.5, 0.6) is 0 Å². The molecule has 1 aromatic carbocycles. The maximum Gasteiger partial charge on any atom is 0.161 e. The molecule has 0 radical (unpaired) electrons. The van der Waals surface area contributed by atoms with Gasteiger partial charge in [-0.25, -0.2) is 9.97 Å². The lowest BCUT2D eigenvalue weighted by molar-refractivity contribution is 0.787. The summed E-state index contributed by atoms with van der Waals surface area (Å²) in [7, 11) is 1.92. The molecule has 0 amide bonds. The number of nitrogens with one attached hydrogen (secondary N) is 1. The van der Waals surface area contributed by atoms with E-state index in [1.54, 1.807) is 0 Å². The Morgan fingerprint density at radius 3 is 2.28 bits per heavy atom. The number of rotatable bonds is 3. The molecule has 1 N–H and O–H groups in total. The van der Waals surface area contributed by atoms with E-state index < -0.39 is 0 Å². The van der Waals surface area contributed by atoms with Crippen LogP contribution in [0.2, 0.25) is 5.02 Å². The van der Waals surface area contributed by atoms with Gasteiger partial charge in [-0.15, -0.1) is 0 Å². The van der Waals surface area contributed by atoms with E-state index in [-0.39, 0.29) is 0 Å². The van der Waals surface area contributed by atoms with Gasteiger partial charge in [-0.05, 0) is 33.0 Å². The first-order valence-corrected chi connectivity index (χ1v) is 6.25. The molecule has 3 nitrogen and oxygen atoms in total. The Kier molecular flexibility index (Phi) is 3.94. The van der Waals surface area contributed by atoms with E-state index >= 15 is 0 Å². The van der Waals surface area contributed by atoms with Gasteiger partial charge in [-0.3, -0.25) is 0 Å². The molecule has 2 aromatic rings. The van der Waals surface area contributed by atoms with Crippen LogP contribution < -0.4 is 5.32 Å². The van der Waals surface area contributed by atoms with E-state index in [1.165, 1.54) is 0 Å². The zero-order valence-corrected chi connectivity index (χ0v) is 11.5. The summed E-state index contributed by atoms with van der Waals surface area (Å²) in [4.78, 5) is 9.10. The Morgan fingerprint density at radius 1 is 1.11 bits per heavy atom. The SMILES string of the molecule is CNCc1c(C)nc(-c2ccccc2Cl)nc1C. The molecule has 0 aliphatic carbocycles. The molecule has 0 saturated heterocycles. The van der Waals surface area contributed by atoms with Gasteiger partial charge in [0, 0.05) is 29.1 Å². The van der Waals surface area contributed by atoms with E-state index in [0.717, 1.165) is 29.1 Å². The number of benzene rings is 1. The summed E-state index contributed by atoms with van der Waals surface area (Å²) >= 11 is 6.17. The smallest absolute Gasteiger partial charge is 0.161 e. The molecule has 0 bridgehead atoms. The van der Waals surface area contributed by atoms with Gasteiger partial charge in [-0.2, -0.15) is 0 Å². The minimum atomic E-state index is 0.678. The van der Waals surface area contributed by atoms with Gasteiger partial charge in [0.15, 0.2) is 5.82 Å². The summed E-state index contributed by atoms with van der Waals surface area (Å²) in [6.45, 7) is 4.78. The fourth-order valence-corrected chi connectivity index (χ4v) is 2.16. The van der Waals surface area contributed by atoms with Gasteiger partial charge in [0.1, 0.15) is 0 Å². The van der Waals surface area contributed by atoms with Crippen molar-refractivity contribution in [3.63, 3.8) is 0 Å². The first-order valence-electron chi connectivity index (χ1n) is 5.87. The average molecular weight is 262 g/mol. The number of halogens is 1. The third-order valence-electron chi connectivity index (χ3n) is 2.89. The standard InChI is InChI=1S/C14H16ClN3/c1-9-12(8-16-3)10(2)18-14(17-9)11-6-4-5-7-13(11)15/h4-7,16H,8H2,1-3H3. The fraction of sp³-hybridized carbons (Fsp3) is 0.286. The van der Waals surface area contributed by atoms with Crippen LogP contribution in [0.25, 0.3) is 11.4 Å². The van der Waals surface area contributed by atoms with Crippen LogP contribution >= 0.6 is 11.6 Å². The van der Waals surface area contributed by atoms with Gasteiger partial charge in [0.2, 0.25) is 0 Å². The Hall–Kier alpha value is -1.45. The van der Waals surface area contributed by atoms with Gasteiger partial charge in [-0.1, -0.05) is 23.7 Å². The van der Waals surface area contributed by atoms with Crippen molar-refractivity contribution < 1.29 is 0 Å². The van der Waals surface area contributed by atoms with Crippen molar-refractivity contribution in [2.24, 2.45) is 0 Å². The third kappa shape index (κ3) is 2.52. The summed E-state index contributed by atoms with van der Waals surface area (Å²) in [5.41, 5.74) is 4.01. The molecule has 0 saturated carbocycles. The highest BCUT2D eigenvalue weighted by molar-refractivity contribution is 6.33. The number of nitrogens with zero attached hydrogens (tertiary/aromatic N) is 2. The second kappa shape index (κ2) is 5.46. The van der Waals surface area contributed by atoms with Crippen molar-refractivity contribution in [3.05, 3.63) is 46.2 Å². The second-order valence-corrected chi connectivity index (χ2v) is 4.61. The van der Waals surface area contributed by atoms with Crippen LogP contribution in [0.15, 0.2) is 24.3 Å². The molecule has 18 heavy (non-hydrogen) atoms. The molecule has 0 spiro atoms. The van der Waals surface area contributed by atoms with Gasteiger partial charge in [0.25, 0.3) is 0 Å². The predicted octanol–water partition coefficient (Wildman–Crippen LogP) is 3.13. The molecule has 0 fully saturated rings.